The van der Waals surface area contributed by atoms with Gasteiger partial charge in [0.1, 0.15) is 5.75 Å². The highest BCUT2D eigenvalue weighted by Crippen LogP contribution is 2.64. The van der Waals surface area contributed by atoms with Crippen LogP contribution in [0.2, 0.25) is 5.02 Å². The van der Waals surface area contributed by atoms with Crippen LogP contribution in [-0.4, -0.2) is 40.7 Å². The van der Waals surface area contributed by atoms with Gasteiger partial charge in [-0.05, 0) is 60.2 Å². The average molecular weight is 567 g/mol. The average Bonchev–Trinajstić information content (AvgIpc) is 3.34. The summed E-state index contributed by atoms with van der Waals surface area (Å²) in [6.45, 7) is 0. The predicted octanol–water partition coefficient (Wildman–Crippen LogP) is 4.84. The van der Waals surface area contributed by atoms with Gasteiger partial charge in [-0.3, -0.25) is 24.1 Å². The van der Waals surface area contributed by atoms with Crippen LogP contribution in [0.4, 0.5) is 5.69 Å². The number of rotatable bonds is 3. The number of benzene rings is 3. The molecular formula is C33H27ClN2O5. The summed E-state index contributed by atoms with van der Waals surface area (Å²) in [6, 6.07) is 22.8. The summed E-state index contributed by atoms with van der Waals surface area (Å²) in [5, 5.41) is 10.5. The minimum Gasteiger partial charge on any atom is -0.508 e. The molecule has 6 unspecified atom stereocenters. The minimum absolute atomic E-state index is 0.0803. The van der Waals surface area contributed by atoms with Gasteiger partial charge < -0.3 is 5.11 Å². The van der Waals surface area contributed by atoms with Crippen molar-refractivity contribution in [3.05, 3.63) is 107 Å². The smallest absolute Gasteiger partial charge is 0.246 e. The van der Waals surface area contributed by atoms with Crippen LogP contribution in [0.5, 0.6) is 5.75 Å². The SMILES string of the molecule is CN1C(=O)C2CC=C3C(CC4C(=O)N(c5cccc(Cl)c5)C(=O)C4(c4ccccc4)C3c3ccc(O)cc3)C2C1=O. The Labute approximate surface area is 242 Å². The van der Waals surface area contributed by atoms with Gasteiger partial charge >= 0.3 is 0 Å². The normalized spacial score (nSPS) is 30.7. The molecule has 8 heteroatoms. The van der Waals surface area contributed by atoms with E-state index in [1.807, 2.05) is 36.4 Å². The van der Waals surface area contributed by atoms with E-state index >= 15 is 0 Å². The molecule has 206 valence electrons. The first-order valence-corrected chi connectivity index (χ1v) is 14.1. The molecule has 2 aliphatic heterocycles. The summed E-state index contributed by atoms with van der Waals surface area (Å²) in [5.74, 6) is -3.95. The summed E-state index contributed by atoms with van der Waals surface area (Å²) in [4.78, 5) is 58.4. The van der Waals surface area contributed by atoms with Gasteiger partial charge in [-0.2, -0.15) is 0 Å². The van der Waals surface area contributed by atoms with E-state index in [0.717, 1.165) is 11.1 Å². The number of fused-ring (bicyclic) bond motifs is 4. The number of phenolic OH excluding ortho intramolecular Hbond substituents is 1. The lowest BCUT2D eigenvalue weighted by Gasteiger charge is -2.50. The number of imide groups is 2. The second-order valence-electron chi connectivity index (χ2n) is 11.4. The number of amides is 4. The summed E-state index contributed by atoms with van der Waals surface area (Å²) in [5.41, 5.74) is 1.43. The van der Waals surface area contributed by atoms with Gasteiger partial charge in [-0.15, -0.1) is 0 Å². The van der Waals surface area contributed by atoms with Gasteiger partial charge in [-0.25, -0.2) is 4.90 Å². The van der Waals surface area contributed by atoms with Crippen LogP contribution in [0.15, 0.2) is 90.5 Å². The number of carbonyl (C=O) groups is 4. The fraction of sp³-hybridized carbons (Fsp3) is 0.273. The van der Waals surface area contributed by atoms with E-state index in [1.165, 1.54) is 16.8 Å². The van der Waals surface area contributed by atoms with Crippen molar-refractivity contribution in [2.75, 3.05) is 11.9 Å². The van der Waals surface area contributed by atoms with Crippen LogP contribution in [0, 0.1) is 23.7 Å². The van der Waals surface area contributed by atoms with Crippen molar-refractivity contribution in [1.82, 2.24) is 4.90 Å². The number of phenols is 1. The maximum absolute atomic E-state index is 15.0. The summed E-state index contributed by atoms with van der Waals surface area (Å²) >= 11 is 6.31. The summed E-state index contributed by atoms with van der Waals surface area (Å²) in [6.07, 6.45) is 2.66. The standard InChI is InChI=1S/C33H27ClN2O5/c1-35-29(38)24-15-14-23-25(27(24)31(35)40)17-26-30(39)36(21-9-5-8-20(34)16-21)32(41)33(26,19-6-3-2-4-7-19)28(23)18-10-12-22(37)13-11-18/h2-14,16,24-28,37H,15,17H2,1H3. The molecule has 2 saturated heterocycles. The van der Waals surface area contributed by atoms with Crippen molar-refractivity contribution in [3.63, 3.8) is 0 Å². The Balaban J connectivity index is 1.51. The number of allylic oxidation sites excluding steroid dienone is 2. The van der Waals surface area contributed by atoms with E-state index in [4.69, 9.17) is 11.6 Å². The quantitative estimate of drug-likeness (QED) is 0.362. The Kier molecular flexibility index (Phi) is 5.74. The molecule has 0 spiro atoms. The molecule has 3 aromatic carbocycles. The zero-order valence-electron chi connectivity index (χ0n) is 22.2. The first-order valence-electron chi connectivity index (χ1n) is 13.7. The molecule has 2 aliphatic carbocycles. The number of nitrogens with zero attached hydrogens (tertiary/aromatic N) is 2. The molecule has 0 bridgehead atoms. The maximum Gasteiger partial charge on any atom is 0.246 e. The summed E-state index contributed by atoms with van der Waals surface area (Å²) in [7, 11) is 1.52. The molecule has 3 aromatic rings. The Morgan fingerprint density at radius 2 is 1.59 bits per heavy atom. The Morgan fingerprint density at radius 1 is 0.854 bits per heavy atom. The fourth-order valence-corrected chi connectivity index (χ4v) is 8.13. The maximum atomic E-state index is 15.0. The third-order valence-electron chi connectivity index (χ3n) is 9.61. The van der Waals surface area contributed by atoms with Gasteiger partial charge in [0.25, 0.3) is 0 Å². The van der Waals surface area contributed by atoms with Crippen molar-refractivity contribution in [1.29, 1.82) is 0 Å². The molecule has 4 aliphatic rings. The largest absolute Gasteiger partial charge is 0.508 e. The van der Waals surface area contributed by atoms with Gasteiger partial charge in [0, 0.05) is 18.0 Å². The number of carbonyl (C=O) groups excluding carboxylic acids is 4. The van der Waals surface area contributed by atoms with Crippen molar-refractivity contribution in [2.45, 2.75) is 24.2 Å². The second-order valence-corrected chi connectivity index (χ2v) is 11.9. The highest BCUT2D eigenvalue weighted by Gasteiger charge is 2.70. The molecule has 7 rings (SSSR count). The van der Waals surface area contributed by atoms with Gasteiger partial charge in [0.15, 0.2) is 0 Å². The number of hydrogen-bond donors (Lipinski definition) is 1. The van der Waals surface area contributed by atoms with Crippen LogP contribution in [0.3, 0.4) is 0 Å². The van der Waals surface area contributed by atoms with E-state index in [2.05, 4.69) is 0 Å². The zero-order valence-corrected chi connectivity index (χ0v) is 23.0. The number of aromatic hydroxyl groups is 1. The highest BCUT2D eigenvalue weighted by atomic mass is 35.5. The third-order valence-corrected chi connectivity index (χ3v) is 9.85. The molecular weight excluding hydrogens is 540 g/mol. The van der Waals surface area contributed by atoms with Crippen molar-refractivity contribution in [3.8, 4) is 5.75 Å². The van der Waals surface area contributed by atoms with Crippen molar-refractivity contribution < 1.29 is 24.3 Å². The van der Waals surface area contributed by atoms with Crippen LogP contribution in [0.25, 0.3) is 0 Å². The van der Waals surface area contributed by atoms with E-state index in [1.54, 1.807) is 48.5 Å². The first-order chi connectivity index (χ1) is 19.7. The molecule has 0 radical (unpaired) electrons. The second kappa shape index (κ2) is 9.14. The number of halogens is 1. The van der Waals surface area contributed by atoms with E-state index < -0.39 is 35.0 Å². The molecule has 1 N–H and O–H groups in total. The molecule has 0 aromatic heterocycles. The number of anilines is 1. The molecule has 41 heavy (non-hydrogen) atoms. The molecule has 7 nitrogen and oxygen atoms in total. The van der Waals surface area contributed by atoms with Gasteiger partial charge in [-0.1, -0.05) is 71.8 Å². The van der Waals surface area contributed by atoms with Gasteiger partial charge in [0.05, 0.1) is 28.9 Å². The molecule has 2 heterocycles. The van der Waals surface area contributed by atoms with Crippen LogP contribution < -0.4 is 4.90 Å². The molecule has 3 fully saturated rings. The minimum atomic E-state index is -1.32. The lowest BCUT2D eigenvalue weighted by atomic mass is 9.49. The number of likely N-dealkylation sites (tertiary alicyclic amines) is 1. The third kappa shape index (κ3) is 3.45. The first kappa shape index (κ1) is 25.7. The fourth-order valence-electron chi connectivity index (χ4n) is 7.94. The van der Waals surface area contributed by atoms with Crippen LogP contribution in [0.1, 0.15) is 29.9 Å². The van der Waals surface area contributed by atoms with Gasteiger partial charge in [0.2, 0.25) is 23.6 Å². The number of hydrogen-bond acceptors (Lipinski definition) is 5. The zero-order chi connectivity index (χ0) is 28.6. The lowest BCUT2D eigenvalue weighted by Crippen LogP contribution is -2.53. The lowest BCUT2D eigenvalue weighted by molar-refractivity contribution is -0.138. The van der Waals surface area contributed by atoms with E-state index in [0.29, 0.717) is 22.7 Å². The Morgan fingerprint density at radius 3 is 2.29 bits per heavy atom. The molecule has 4 amide bonds. The molecule has 1 saturated carbocycles. The Hall–Kier alpha value is -4.23. The van der Waals surface area contributed by atoms with Crippen molar-refractivity contribution >= 4 is 40.9 Å². The van der Waals surface area contributed by atoms with E-state index in [-0.39, 0.29) is 35.8 Å². The topological polar surface area (TPSA) is 95.0 Å². The summed E-state index contributed by atoms with van der Waals surface area (Å²) < 4.78 is 0. The highest BCUT2D eigenvalue weighted by molar-refractivity contribution is 6.32. The Bertz CT molecular complexity index is 1650. The van der Waals surface area contributed by atoms with Crippen LogP contribution >= 0.6 is 11.6 Å². The predicted molar refractivity (Wildman–Crippen MR) is 152 cm³/mol. The monoisotopic (exact) mass is 566 g/mol. The van der Waals surface area contributed by atoms with Crippen LogP contribution in [-0.2, 0) is 24.6 Å². The molecule has 6 atom stereocenters. The van der Waals surface area contributed by atoms with Crippen molar-refractivity contribution in [2.24, 2.45) is 23.7 Å². The van der Waals surface area contributed by atoms with E-state index in [9.17, 15) is 24.3 Å².